The Labute approximate surface area is 141 Å². The fourth-order valence-electron chi connectivity index (χ4n) is 4.01. The molecule has 0 bridgehead atoms. The predicted octanol–water partition coefficient (Wildman–Crippen LogP) is 3.61. The van der Waals surface area contributed by atoms with Crippen molar-refractivity contribution in [2.45, 2.75) is 57.7 Å². The molecule has 23 heavy (non-hydrogen) atoms. The third-order valence-electron chi connectivity index (χ3n) is 5.45. The third kappa shape index (κ3) is 2.90. The van der Waals surface area contributed by atoms with E-state index in [1.165, 1.54) is 39.8 Å². The Kier molecular flexibility index (Phi) is 4.12. The molecule has 3 nitrogen and oxygen atoms in total. The maximum absolute atomic E-state index is 12.7. The molecule has 2 heterocycles. The van der Waals surface area contributed by atoms with Gasteiger partial charge in [0.1, 0.15) is 0 Å². The second-order valence-corrected chi connectivity index (χ2v) is 8.15. The van der Waals surface area contributed by atoms with Crippen LogP contribution in [0.1, 0.15) is 43.0 Å². The summed E-state index contributed by atoms with van der Waals surface area (Å²) >= 11 is 1.86. The average molecular weight is 328 g/mol. The molecule has 2 unspecified atom stereocenters. The zero-order chi connectivity index (χ0) is 15.8. The Morgan fingerprint density at radius 3 is 2.96 bits per heavy atom. The fraction of sp³-hybridized carbons (Fsp3) is 0.526. The highest BCUT2D eigenvalue weighted by molar-refractivity contribution is 7.19. The first kappa shape index (κ1) is 15.2. The lowest BCUT2D eigenvalue weighted by Crippen LogP contribution is -2.52. The van der Waals surface area contributed by atoms with Gasteiger partial charge in [0.2, 0.25) is 5.91 Å². The topological polar surface area (TPSA) is 41.1 Å². The van der Waals surface area contributed by atoms with Crippen molar-refractivity contribution in [1.29, 1.82) is 0 Å². The Bertz CT molecular complexity index is 723. The molecule has 3 atom stereocenters. The molecule has 1 aliphatic heterocycles. The molecule has 0 radical (unpaired) electrons. The van der Waals surface area contributed by atoms with Crippen LogP contribution in [-0.4, -0.2) is 18.0 Å². The molecular formula is C19H24N2OS. The van der Waals surface area contributed by atoms with Gasteiger partial charge in [0.25, 0.3) is 0 Å². The number of carbonyl (C=O) groups excluding carboxylic acids is 1. The number of benzene rings is 1. The summed E-state index contributed by atoms with van der Waals surface area (Å²) in [5.74, 6) is 0.790. The number of hydrogen-bond acceptors (Lipinski definition) is 3. The molecule has 1 aromatic heterocycles. The number of amides is 1. The van der Waals surface area contributed by atoms with Gasteiger partial charge in [0.05, 0.1) is 6.04 Å². The Hall–Kier alpha value is -1.39. The minimum atomic E-state index is -0.0883. The number of nitrogens with one attached hydrogen (secondary N) is 2. The maximum atomic E-state index is 12.7. The second kappa shape index (κ2) is 6.25. The van der Waals surface area contributed by atoms with Crippen molar-refractivity contribution in [1.82, 2.24) is 10.6 Å². The van der Waals surface area contributed by atoms with Crippen LogP contribution in [0.4, 0.5) is 0 Å². The minimum Gasteiger partial charge on any atom is -0.352 e. The molecule has 1 aliphatic carbocycles. The van der Waals surface area contributed by atoms with E-state index in [-0.39, 0.29) is 11.9 Å². The number of carbonyl (C=O) groups is 1. The monoisotopic (exact) mass is 328 g/mol. The van der Waals surface area contributed by atoms with Crippen LogP contribution >= 0.6 is 11.3 Å². The van der Waals surface area contributed by atoms with E-state index in [9.17, 15) is 4.79 Å². The van der Waals surface area contributed by atoms with E-state index >= 15 is 0 Å². The summed E-state index contributed by atoms with van der Waals surface area (Å²) in [6.45, 7) is 3.08. The second-order valence-electron chi connectivity index (χ2n) is 7.01. The molecule has 2 aliphatic rings. The van der Waals surface area contributed by atoms with Gasteiger partial charge in [0, 0.05) is 22.2 Å². The number of rotatable bonds is 2. The van der Waals surface area contributed by atoms with Crippen LogP contribution in [0.25, 0.3) is 10.1 Å². The summed E-state index contributed by atoms with van der Waals surface area (Å²) in [5, 5.41) is 8.08. The highest BCUT2D eigenvalue weighted by Crippen LogP contribution is 2.34. The molecule has 4 heteroatoms. The van der Waals surface area contributed by atoms with Gasteiger partial charge in [-0.3, -0.25) is 4.79 Å². The Balaban J connectivity index is 1.50. The van der Waals surface area contributed by atoms with Gasteiger partial charge in [0.15, 0.2) is 0 Å². The predicted molar refractivity (Wildman–Crippen MR) is 95.7 cm³/mol. The zero-order valence-corrected chi connectivity index (χ0v) is 14.4. The Morgan fingerprint density at radius 2 is 2.09 bits per heavy atom. The minimum absolute atomic E-state index is 0.0883. The quantitative estimate of drug-likeness (QED) is 0.884. The van der Waals surface area contributed by atoms with E-state index in [0.29, 0.717) is 12.0 Å². The van der Waals surface area contributed by atoms with Gasteiger partial charge in [-0.2, -0.15) is 0 Å². The highest BCUT2D eigenvalue weighted by Gasteiger charge is 2.30. The first-order valence-corrected chi connectivity index (χ1v) is 9.57. The molecule has 4 rings (SSSR count). The summed E-state index contributed by atoms with van der Waals surface area (Å²) < 4.78 is 1.33. The molecule has 0 saturated heterocycles. The lowest BCUT2D eigenvalue weighted by molar-refractivity contribution is -0.124. The summed E-state index contributed by atoms with van der Waals surface area (Å²) in [6.07, 6.45) is 5.73. The lowest BCUT2D eigenvalue weighted by Gasteiger charge is -2.32. The van der Waals surface area contributed by atoms with Gasteiger partial charge in [-0.1, -0.05) is 38.0 Å². The maximum Gasteiger partial charge on any atom is 0.237 e. The number of fused-ring (bicyclic) bond motifs is 3. The molecule has 1 saturated carbocycles. The number of hydrogen-bond donors (Lipinski definition) is 2. The Morgan fingerprint density at radius 1 is 1.26 bits per heavy atom. The van der Waals surface area contributed by atoms with Crippen molar-refractivity contribution in [2.24, 2.45) is 5.92 Å². The first-order chi connectivity index (χ1) is 11.2. The van der Waals surface area contributed by atoms with Gasteiger partial charge < -0.3 is 10.6 Å². The van der Waals surface area contributed by atoms with E-state index in [0.717, 1.165) is 19.4 Å². The van der Waals surface area contributed by atoms with Crippen LogP contribution in [0.15, 0.2) is 24.3 Å². The van der Waals surface area contributed by atoms with E-state index in [4.69, 9.17) is 0 Å². The van der Waals surface area contributed by atoms with Crippen molar-refractivity contribution in [3.8, 4) is 0 Å². The summed E-state index contributed by atoms with van der Waals surface area (Å²) in [5.41, 5.74) is 1.38. The van der Waals surface area contributed by atoms with E-state index < -0.39 is 0 Å². The molecule has 2 aromatic rings. The summed E-state index contributed by atoms with van der Waals surface area (Å²) in [7, 11) is 0. The number of thiophene rings is 1. The molecule has 1 amide bonds. The summed E-state index contributed by atoms with van der Waals surface area (Å²) in [6, 6.07) is 8.82. The van der Waals surface area contributed by atoms with Crippen molar-refractivity contribution in [3.63, 3.8) is 0 Å². The van der Waals surface area contributed by atoms with Gasteiger partial charge in [-0.15, -0.1) is 11.3 Å². The zero-order valence-electron chi connectivity index (χ0n) is 13.6. The van der Waals surface area contributed by atoms with Crippen LogP contribution in [0.3, 0.4) is 0 Å². The van der Waals surface area contributed by atoms with Crippen LogP contribution in [0, 0.1) is 5.92 Å². The molecule has 2 N–H and O–H groups in total. The SMILES string of the molecule is CC1CCCCC1NC(=O)[C@H]1Cc2c(sc3ccccc23)CN1. The van der Waals surface area contributed by atoms with Crippen molar-refractivity contribution in [2.75, 3.05) is 0 Å². The van der Waals surface area contributed by atoms with Crippen LogP contribution in [-0.2, 0) is 17.8 Å². The standard InChI is InChI=1S/C19H24N2OS/c1-12-6-2-4-8-15(12)21-19(22)16-10-14-13-7-3-5-9-17(13)23-18(14)11-20-16/h3,5,7,9,12,15-16,20H,2,4,6,8,10-11H2,1H3,(H,21,22)/t12?,15?,16-/m1/s1. The van der Waals surface area contributed by atoms with Crippen molar-refractivity contribution < 1.29 is 4.79 Å². The van der Waals surface area contributed by atoms with E-state index in [1.807, 2.05) is 11.3 Å². The van der Waals surface area contributed by atoms with Crippen LogP contribution in [0.2, 0.25) is 0 Å². The molecule has 0 spiro atoms. The van der Waals surface area contributed by atoms with E-state index in [1.54, 1.807) is 0 Å². The van der Waals surface area contributed by atoms with Gasteiger partial charge >= 0.3 is 0 Å². The highest BCUT2D eigenvalue weighted by atomic mass is 32.1. The van der Waals surface area contributed by atoms with Gasteiger partial charge in [-0.05, 0) is 42.2 Å². The smallest absolute Gasteiger partial charge is 0.237 e. The average Bonchev–Trinajstić information content (AvgIpc) is 2.94. The van der Waals surface area contributed by atoms with E-state index in [2.05, 4.69) is 41.8 Å². The van der Waals surface area contributed by atoms with Crippen molar-refractivity contribution in [3.05, 3.63) is 34.7 Å². The van der Waals surface area contributed by atoms with Gasteiger partial charge in [-0.25, -0.2) is 0 Å². The lowest BCUT2D eigenvalue weighted by atomic mass is 9.85. The molecular weight excluding hydrogens is 304 g/mol. The molecule has 1 fully saturated rings. The normalized spacial score (nSPS) is 27.6. The molecule has 1 aromatic carbocycles. The van der Waals surface area contributed by atoms with Crippen LogP contribution in [0.5, 0.6) is 0 Å². The summed E-state index contributed by atoms with van der Waals surface area (Å²) in [4.78, 5) is 14.1. The first-order valence-electron chi connectivity index (χ1n) is 8.75. The largest absolute Gasteiger partial charge is 0.352 e. The third-order valence-corrected chi connectivity index (χ3v) is 6.67. The van der Waals surface area contributed by atoms with Crippen LogP contribution < -0.4 is 10.6 Å². The molecule has 122 valence electrons. The van der Waals surface area contributed by atoms with Crippen molar-refractivity contribution >= 4 is 27.3 Å². The fourth-order valence-corrected chi connectivity index (χ4v) is 5.19.